The molecule has 3 heterocycles. The van der Waals surface area contributed by atoms with E-state index < -0.39 is 0 Å². The van der Waals surface area contributed by atoms with Crippen LogP contribution in [0.4, 0.5) is 0 Å². The molecule has 1 amide bonds. The van der Waals surface area contributed by atoms with Crippen LogP contribution in [0.1, 0.15) is 48.3 Å². The third kappa shape index (κ3) is 4.04. The van der Waals surface area contributed by atoms with Gasteiger partial charge in [-0.2, -0.15) is 4.98 Å². The topological polar surface area (TPSA) is 81.4 Å². The number of methoxy groups -OCH3 is 1. The van der Waals surface area contributed by atoms with Gasteiger partial charge in [0.25, 0.3) is 11.8 Å². The lowest BCUT2D eigenvalue weighted by atomic mass is 9.73. The SMILES string of the molecule is COc1cccc(C(=O)N2CCC(CC3CC3)(c3noc(-c4ccncc4)n3)CC2)c1. The molecule has 160 valence electrons. The van der Waals surface area contributed by atoms with Gasteiger partial charge in [-0.3, -0.25) is 9.78 Å². The van der Waals surface area contributed by atoms with Crippen LogP contribution in [0.2, 0.25) is 0 Å². The highest BCUT2D eigenvalue weighted by Gasteiger charge is 2.44. The Hall–Kier alpha value is -3.22. The molecule has 0 bridgehead atoms. The van der Waals surface area contributed by atoms with Crippen LogP contribution in [0.5, 0.6) is 5.75 Å². The maximum atomic E-state index is 13.1. The van der Waals surface area contributed by atoms with E-state index in [1.54, 1.807) is 25.6 Å². The van der Waals surface area contributed by atoms with Crippen LogP contribution in [0.15, 0.2) is 53.3 Å². The van der Waals surface area contributed by atoms with Gasteiger partial charge >= 0.3 is 0 Å². The van der Waals surface area contributed by atoms with Gasteiger partial charge in [0, 0.05) is 42.0 Å². The van der Waals surface area contributed by atoms with Gasteiger partial charge in [-0.1, -0.05) is 24.1 Å². The summed E-state index contributed by atoms with van der Waals surface area (Å²) in [4.78, 5) is 23.8. The van der Waals surface area contributed by atoms with Gasteiger partial charge in [0.1, 0.15) is 5.75 Å². The molecule has 1 aliphatic carbocycles. The number of pyridine rings is 1. The molecule has 0 radical (unpaired) electrons. The van der Waals surface area contributed by atoms with Crippen LogP contribution in [0.3, 0.4) is 0 Å². The van der Waals surface area contributed by atoms with Gasteiger partial charge in [-0.05, 0) is 55.5 Å². The fourth-order valence-electron chi connectivity index (χ4n) is 4.52. The van der Waals surface area contributed by atoms with Gasteiger partial charge < -0.3 is 14.2 Å². The highest BCUT2D eigenvalue weighted by molar-refractivity contribution is 5.94. The number of carbonyl (C=O) groups is 1. The monoisotopic (exact) mass is 418 g/mol. The second-order valence-electron chi connectivity index (χ2n) is 8.61. The Labute approximate surface area is 181 Å². The minimum atomic E-state index is -0.138. The molecule has 7 nitrogen and oxygen atoms in total. The van der Waals surface area contributed by atoms with Crippen molar-refractivity contribution in [3.05, 3.63) is 60.2 Å². The minimum absolute atomic E-state index is 0.0458. The van der Waals surface area contributed by atoms with Crippen LogP contribution >= 0.6 is 0 Å². The number of benzene rings is 1. The molecule has 7 heteroatoms. The zero-order chi connectivity index (χ0) is 21.3. The van der Waals surface area contributed by atoms with E-state index in [0.29, 0.717) is 30.3 Å². The second-order valence-corrected chi connectivity index (χ2v) is 8.61. The summed E-state index contributed by atoms with van der Waals surface area (Å²) in [6.07, 6.45) is 8.72. The van der Waals surface area contributed by atoms with Crippen molar-refractivity contribution in [2.24, 2.45) is 5.92 Å². The van der Waals surface area contributed by atoms with E-state index >= 15 is 0 Å². The highest BCUT2D eigenvalue weighted by Crippen LogP contribution is 2.47. The van der Waals surface area contributed by atoms with Crippen molar-refractivity contribution in [3.8, 4) is 17.2 Å². The third-order valence-electron chi connectivity index (χ3n) is 6.53. The summed E-state index contributed by atoms with van der Waals surface area (Å²) >= 11 is 0. The van der Waals surface area contributed by atoms with Crippen molar-refractivity contribution < 1.29 is 14.1 Å². The number of nitrogens with zero attached hydrogens (tertiary/aromatic N) is 4. The van der Waals surface area contributed by atoms with Crippen LogP contribution in [0, 0.1) is 5.92 Å². The molecule has 0 atom stereocenters. The normalized spacial score (nSPS) is 18.0. The number of hydrogen-bond acceptors (Lipinski definition) is 6. The van der Waals surface area contributed by atoms with E-state index in [4.69, 9.17) is 14.2 Å². The first-order chi connectivity index (χ1) is 15.2. The summed E-state index contributed by atoms with van der Waals surface area (Å²) in [5.74, 6) is 2.77. The summed E-state index contributed by atoms with van der Waals surface area (Å²) in [6.45, 7) is 1.36. The summed E-state index contributed by atoms with van der Waals surface area (Å²) in [5.41, 5.74) is 1.40. The summed E-state index contributed by atoms with van der Waals surface area (Å²) in [6, 6.07) is 11.1. The molecule has 2 aromatic heterocycles. The average Bonchev–Trinajstić information content (AvgIpc) is 3.49. The largest absolute Gasteiger partial charge is 0.497 e. The van der Waals surface area contributed by atoms with E-state index in [1.165, 1.54) is 12.8 Å². The van der Waals surface area contributed by atoms with Gasteiger partial charge in [-0.25, -0.2) is 0 Å². The quantitative estimate of drug-likeness (QED) is 0.599. The number of rotatable bonds is 6. The standard InChI is InChI=1S/C24H26N4O3/c1-30-20-4-2-3-19(15-20)22(29)28-13-9-24(10-14-28,16-17-5-6-17)23-26-21(31-27-23)18-7-11-25-12-8-18/h2-4,7-8,11-12,15,17H,5-6,9-10,13-14,16H2,1H3. The summed E-state index contributed by atoms with van der Waals surface area (Å²) in [5, 5.41) is 4.39. The molecular formula is C24H26N4O3. The van der Waals surface area contributed by atoms with Crippen LogP contribution in [-0.4, -0.2) is 46.1 Å². The van der Waals surface area contributed by atoms with E-state index in [2.05, 4.69) is 10.1 Å². The molecular weight excluding hydrogens is 392 g/mol. The summed E-state index contributed by atoms with van der Waals surface area (Å²) in [7, 11) is 1.61. The van der Waals surface area contributed by atoms with Crippen LogP contribution in [0.25, 0.3) is 11.5 Å². The van der Waals surface area contributed by atoms with Crippen molar-refractivity contribution in [2.45, 2.75) is 37.5 Å². The predicted molar refractivity (Wildman–Crippen MR) is 115 cm³/mol. The molecule has 1 aromatic carbocycles. The minimum Gasteiger partial charge on any atom is -0.497 e. The Morgan fingerprint density at radius 2 is 1.97 bits per heavy atom. The number of likely N-dealkylation sites (tertiary alicyclic amines) is 1. The van der Waals surface area contributed by atoms with Crippen molar-refractivity contribution in [3.63, 3.8) is 0 Å². The number of ether oxygens (including phenoxy) is 1. The molecule has 1 saturated carbocycles. The molecule has 2 aliphatic rings. The first-order valence-corrected chi connectivity index (χ1v) is 10.8. The first kappa shape index (κ1) is 19.7. The van der Waals surface area contributed by atoms with E-state index in [0.717, 1.165) is 36.6 Å². The number of aromatic nitrogens is 3. The highest BCUT2D eigenvalue weighted by atomic mass is 16.5. The molecule has 1 aliphatic heterocycles. The van der Waals surface area contributed by atoms with E-state index in [9.17, 15) is 4.79 Å². The lowest BCUT2D eigenvalue weighted by Gasteiger charge is -2.40. The Kier molecular flexibility index (Phi) is 5.18. The van der Waals surface area contributed by atoms with Gasteiger partial charge in [-0.15, -0.1) is 0 Å². The number of piperidine rings is 1. The number of amides is 1. The average molecular weight is 418 g/mol. The van der Waals surface area contributed by atoms with Crippen LogP contribution in [-0.2, 0) is 5.41 Å². The molecule has 0 spiro atoms. The maximum absolute atomic E-state index is 13.1. The fraction of sp³-hybridized carbons (Fsp3) is 0.417. The van der Waals surface area contributed by atoms with Gasteiger partial charge in [0.15, 0.2) is 5.82 Å². The molecule has 5 rings (SSSR count). The molecule has 3 aromatic rings. The zero-order valence-electron chi connectivity index (χ0n) is 17.7. The molecule has 1 saturated heterocycles. The molecule has 2 fully saturated rings. The fourth-order valence-corrected chi connectivity index (χ4v) is 4.52. The predicted octanol–water partition coefficient (Wildman–Crippen LogP) is 4.11. The van der Waals surface area contributed by atoms with Crippen molar-refractivity contribution >= 4 is 5.91 Å². The van der Waals surface area contributed by atoms with Gasteiger partial charge in [0.05, 0.1) is 7.11 Å². The van der Waals surface area contributed by atoms with Crippen molar-refractivity contribution in [1.29, 1.82) is 0 Å². The maximum Gasteiger partial charge on any atom is 0.258 e. The Bertz CT molecular complexity index is 1050. The summed E-state index contributed by atoms with van der Waals surface area (Å²) < 4.78 is 10.9. The molecule has 0 N–H and O–H groups in total. The zero-order valence-corrected chi connectivity index (χ0v) is 17.7. The van der Waals surface area contributed by atoms with Crippen LogP contribution < -0.4 is 4.74 Å². The van der Waals surface area contributed by atoms with Gasteiger partial charge in [0.2, 0.25) is 0 Å². The van der Waals surface area contributed by atoms with Crippen molar-refractivity contribution in [2.75, 3.05) is 20.2 Å². The Morgan fingerprint density at radius 1 is 1.19 bits per heavy atom. The van der Waals surface area contributed by atoms with Crippen molar-refractivity contribution in [1.82, 2.24) is 20.0 Å². The number of hydrogen-bond donors (Lipinski definition) is 0. The lowest BCUT2D eigenvalue weighted by Crippen LogP contribution is -2.46. The smallest absolute Gasteiger partial charge is 0.258 e. The molecule has 31 heavy (non-hydrogen) atoms. The van der Waals surface area contributed by atoms with E-state index in [1.807, 2.05) is 35.2 Å². The van der Waals surface area contributed by atoms with E-state index in [-0.39, 0.29) is 11.3 Å². The Morgan fingerprint density at radius 3 is 2.68 bits per heavy atom. The first-order valence-electron chi connectivity index (χ1n) is 10.8. The second kappa shape index (κ2) is 8.13. The Balaban J connectivity index is 1.35. The molecule has 0 unspecified atom stereocenters. The lowest BCUT2D eigenvalue weighted by molar-refractivity contribution is 0.0645. The third-order valence-corrected chi connectivity index (χ3v) is 6.53. The number of carbonyl (C=O) groups excluding carboxylic acids is 1.